The quantitative estimate of drug-likeness (QED) is 0.662. The summed E-state index contributed by atoms with van der Waals surface area (Å²) < 4.78 is 26.0. The van der Waals surface area contributed by atoms with E-state index < -0.39 is 10.0 Å². The lowest BCUT2D eigenvalue weighted by molar-refractivity contribution is 0.575. The Kier molecular flexibility index (Phi) is 6.93. The normalized spacial score (nSPS) is 11.6. The molecule has 0 aliphatic carbocycles. The van der Waals surface area contributed by atoms with Crippen molar-refractivity contribution >= 4 is 10.0 Å². The first kappa shape index (κ1) is 15.1. The lowest BCUT2D eigenvalue weighted by Crippen LogP contribution is -2.34. The van der Waals surface area contributed by atoms with Gasteiger partial charge < -0.3 is 5.32 Å². The van der Waals surface area contributed by atoms with Gasteiger partial charge >= 0.3 is 0 Å². The zero-order chi connectivity index (χ0) is 13.3. The molecular formula is C13H22N2O2S. The summed E-state index contributed by atoms with van der Waals surface area (Å²) in [4.78, 5) is 0. The van der Waals surface area contributed by atoms with Gasteiger partial charge in [0.2, 0.25) is 10.0 Å². The Balaban J connectivity index is 2.23. The van der Waals surface area contributed by atoms with Crippen LogP contribution in [0, 0.1) is 0 Å². The van der Waals surface area contributed by atoms with E-state index in [1.807, 2.05) is 30.3 Å². The lowest BCUT2D eigenvalue weighted by atomic mass is 10.2. The van der Waals surface area contributed by atoms with Crippen LogP contribution in [0.4, 0.5) is 0 Å². The lowest BCUT2D eigenvalue weighted by Gasteiger charge is -2.07. The van der Waals surface area contributed by atoms with Crippen LogP contribution in [0.2, 0.25) is 0 Å². The van der Waals surface area contributed by atoms with Gasteiger partial charge in [-0.05, 0) is 24.9 Å². The first-order chi connectivity index (χ1) is 8.64. The largest absolute Gasteiger partial charge is 0.315 e. The highest BCUT2D eigenvalue weighted by Gasteiger charge is 2.09. The second kappa shape index (κ2) is 8.24. The molecule has 0 aliphatic heterocycles. The maximum Gasteiger partial charge on any atom is 0.211 e. The van der Waals surface area contributed by atoms with Gasteiger partial charge in [0.1, 0.15) is 0 Å². The molecule has 1 aromatic rings. The number of rotatable bonds is 9. The molecule has 0 spiro atoms. The predicted molar refractivity (Wildman–Crippen MR) is 75.1 cm³/mol. The minimum absolute atomic E-state index is 0.144. The molecule has 0 unspecified atom stereocenters. The van der Waals surface area contributed by atoms with E-state index in [0.717, 1.165) is 18.5 Å². The van der Waals surface area contributed by atoms with Crippen molar-refractivity contribution in [1.29, 1.82) is 0 Å². The molecule has 102 valence electrons. The van der Waals surface area contributed by atoms with Crippen LogP contribution < -0.4 is 10.0 Å². The summed E-state index contributed by atoms with van der Waals surface area (Å²) in [6.07, 6.45) is 1.61. The van der Waals surface area contributed by atoms with E-state index in [1.165, 1.54) is 0 Å². The monoisotopic (exact) mass is 270 g/mol. The van der Waals surface area contributed by atoms with Crippen LogP contribution in [0.15, 0.2) is 30.3 Å². The fraction of sp³-hybridized carbons (Fsp3) is 0.538. The molecule has 0 aliphatic rings. The molecule has 5 heteroatoms. The standard InChI is InChI=1S/C13H22N2O2S/c1-2-9-14-10-11-15-18(16,17)12-8-13-6-4-3-5-7-13/h3-7,14-15H,2,8-12H2,1H3. The molecular weight excluding hydrogens is 248 g/mol. The van der Waals surface area contributed by atoms with Crippen molar-refractivity contribution in [3.05, 3.63) is 35.9 Å². The highest BCUT2D eigenvalue weighted by Crippen LogP contribution is 2.01. The Labute approximate surface area is 110 Å². The topological polar surface area (TPSA) is 58.2 Å². The van der Waals surface area contributed by atoms with Gasteiger partial charge in [-0.2, -0.15) is 0 Å². The van der Waals surface area contributed by atoms with Gasteiger partial charge in [0, 0.05) is 13.1 Å². The molecule has 0 fully saturated rings. The van der Waals surface area contributed by atoms with Crippen molar-refractivity contribution in [2.24, 2.45) is 0 Å². The van der Waals surface area contributed by atoms with Crippen LogP contribution in [0.5, 0.6) is 0 Å². The molecule has 0 aromatic heterocycles. The molecule has 0 radical (unpaired) electrons. The van der Waals surface area contributed by atoms with Crippen LogP contribution in [-0.4, -0.2) is 33.8 Å². The third-order valence-corrected chi connectivity index (χ3v) is 3.94. The van der Waals surface area contributed by atoms with Crippen molar-refractivity contribution in [2.75, 3.05) is 25.4 Å². The number of aryl methyl sites for hydroxylation is 1. The molecule has 18 heavy (non-hydrogen) atoms. The number of hydrogen-bond donors (Lipinski definition) is 2. The Bertz CT molecular complexity index is 418. The second-order valence-corrected chi connectivity index (χ2v) is 6.13. The highest BCUT2D eigenvalue weighted by atomic mass is 32.2. The van der Waals surface area contributed by atoms with Gasteiger partial charge in [-0.1, -0.05) is 37.3 Å². The van der Waals surface area contributed by atoms with E-state index in [-0.39, 0.29) is 5.75 Å². The minimum Gasteiger partial charge on any atom is -0.315 e. The van der Waals surface area contributed by atoms with E-state index in [4.69, 9.17) is 0 Å². The summed E-state index contributed by atoms with van der Waals surface area (Å²) in [6.45, 7) is 4.14. The molecule has 0 bridgehead atoms. The molecule has 0 saturated carbocycles. The van der Waals surface area contributed by atoms with E-state index in [1.54, 1.807) is 0 Å². The van der Waals surface area contributed by atoms with Gasteiger partial charge in [0.15, 0.2) is 0 Å². The fourth-order valence-electron chi connectivity index (χ4n) is 1.57. The van der Waals surface area contributed by atoms with Crippen molar-refractivity contribution in [1.82, 2.24) is 10.0 Å². The molecule has 4 nitrogen and oxygen atoms in total. The molecule has 1 rings (SSSR count). The molecule has 2 N–H and O–H groups in total. The summed E-state index contributed by atoms with van der Waals surface area (Å²) in [6, 6.07) is 9.65. The number of sulfonamides is 1. The van der Waals surface area contributed by atoms with Crippen molar-refractivity contribution in [3.63, 3.8) is 0 Å². The van der Waals surface area contributed by atoms with Gasteiger partial charge in [0.05, 0.1) is 5.75 Å². The summed E-state index contributed by atoms with van der Waals surface area (Å²) in [7, 11) is -3.16. The number of benzene rings is 1. The average molecular weight is 270 g/mol. The summed E-state index contributed by atoms with van der Waals surface area (Å²) in [5, 5.41) is 3.15. The zero-order valence-electron chi connectivity index (χ0n) is 10.9. The second-order valence-electron chi connectivity index (χ2n) is 4.20. The average Bonchev–Trinajstić information content (AvgIpc) is 2.38. The predicted octanol–water partition coefficient (Wildman–Crippen LogP) is 1.15. The minimum atomic E-state index is -3.16. The maximum absolute atomic E-state index is 11.7. The van der Waals surface area contributed by atoms with E-state index in [9.17, 15) is 8.42 Å². The van der Waals surface area contributed by atoms with Crippen molar-refractivity contribution in [3.8, 4) is 0 Å². The molecule has 0 heterocycles. The molecule has 0 amide bonds. The highest BCUT2D eigenvalue weighted by molar-refractivity contribution is 7.89. The number of hydrogen-bond acceptors (Lipinski definition) is 3. The van der Waals surface area contributed by atoms with Crippen LogP contribution in [-0.2, 0) is 16.4 Å². The van der Waals surface area contributed by atoms with Crippen LogP contribution in [0.25, 0.3) is 0 Å². The van der Waals surface area contributed by atoms with Crippen LogP contribution in [0.1, 0.15) is 18.9 Å². The Hall–Kier alpha value is -0.910. The Morgan fingerprint density at radius 1 is 1.06 bits per heavy atom. The molecule has 0 atom stereocenters. The maximum atomic E-state index is 11.7. The van der Waals surface area contributed by atoms with Crippen molar-refractivity contribution < 1.29 is 8.42 Å². The fourth-order valence-corrected chi connectivity index (χ4v) is 2.63. The van der Waals surface area contributed by atoms with Crippen molar-refractivity contribution in [2.45, 2.75) is 19.8 Å². The van der Waals surface area contributed by atoms with E-state index in [2.05, 4.69) is 17.0 Å². The van der Waals surface area contributed by atoms with Gasteiger partial charge in [-0.15, -0.1) is 0 Å². The molecule has 1 aromatic carbocycles. The zero-order valence-corrected chi connectivity index (χ0v) is 11.7. The smallest absolute Gasteiger partial charge is 0.211 e. The van der Waals surface area contributed by atoms with Gasteiger partial charge in [-0.25, -0.2) is 13.1 Å². The summed E-state index contributed by atoms with van der Waals surface area (Å²) in [5.74, 6) is 0.144. The first-order valence-electron chi connectivity index (χ1n) is 6.36. The van der Waals surface area contributed by atoms with Gasteiger partial charge in [-0.3, -0.25) is 0 Å². The molecule has 0 saturated heterocycles. The SMILES string of the molecule is CCCNCCNS(=O)(=O)CCc1ccccc1. The third kappa shape index (κ3) is 6.74. The van der Waals surface area contributed by atoms with Crippen LogP contribution in [0.3, 0.4) is 0 Å². The van der Waals surface area contributed by atoms with Crippen LogP contribution >= 0.6 is 0 Å². The summed E-state index contributed by atoms with van der Waals surface area (Å²) >= 11 is 0. The summed E-state index contributed by atoms with van der Waals surface area (Å²) in [5.41, 5.74) is 1.05. The van der Waals surface area contributed by atoms with E-state index >= 15 is 0 Å². The Morgan fingerprint density at radius 2 is 1.78 bits per heavy atom. The van der Waals surface area contributed by atoms with Gasteiger partial charge in [0.25, 0.3) is 0 Å². The first-order valence-corrected chi connectivity index (χ1v) is 8.01. The number of nitrogens with one attached hydrogen (secondary N) is 2. The Morgan fingerprint density at radius 3 is 2.44 bits per heavy atom. The van der Waals surface area contributed by atoms with E-state index in [0.29, 0.717) is 19.5 Å². The third-order valence-electron chi connectivity index (χ3n) is 2.55.